The Bertz CT molecular complexity index is 1070. The number of nitrogens with zero attached hydrogens (tertiary/aromatic N) is 4. The van der Waals surface area contributed by atoms with Crippen LogP contribution in [0.3, 0.4) is 0 Å². The van der Waals surface area contributed by atoms with E-state index >= 15 is 0 Å². The van der Waals surface area contributed by atoms with Gasteiger partial charge in [0.25, 0.3) is 0 Å². The maximum absolute atomic E-state index is 13.3. The van der Waals surface area contributed by atoms with Crippen molar-refractivity contribution < 1.29 is 14.0 Å². The monoisotopic (exact) mass is 421 g/mol. The van der Waals surface area contributed by atoms with E-state index in [2.05, 4.69) is 15.4 Å². The van der Waals surface area contributed by atoms with E-state index in [4.69, 9.17) is 0 Å². The number of halogens is 1. The maximum atomic E-state index is 13.3. The lowest BCUT2D eigenvalue weighted by molar-refractivity contribution is -0.131. The highest BCUT2D eigenvalue weighted by Gasteiger charge is 2.27. The summed E-state index contributed by atoms with van der Waals surface area (Å²) < 4.78 is 15.0. The minimum Gasteiger partial charge on any atom is -0.352 e. The first-order chi connectivity index (χ1) is 15.0. The van der Waals surface area contributed by atoms with Crippen molar-refractivity contribution in [2.75, 3.05) is 13.1 Å². The fourth-order valence-electron chi connectivity index (χ4n) is 3.83. The summed E-state index contributed by atoms with van der Waals surface area (Å²) in [5.74, 6) is -0.416. The quantitative estimate of drug-likeness (QED) is 0.663. The normalized spacial score (nSPS) is 15.8. The average Bonchev–Trinajstić information content (AvgIpc) is 3.37. The Morgan fingerprint density at radius 1 is 1.16 bits per heavy atom. The number of aromatic nitrogens is 3. The van der Waals surface area contributed by atoms with E-state index in [0.717, 1.165) is 28.9 Å². The number of hydrogen-bond donors (Lipinski definition) is 1. The second-order valence-corrected chi connectivity index (χ2v) is 7.74. The van der Waals surface area contributed by atoms with Gasteiger partial charge in [0.2, 0.25) is 11.8 Å². The predicted octanol–water partition coefficient (Wildman–Crippen LogP) is 2.41. The van der Waals surface area contributed by atoms with Crippen LogP contribution < -0.4 is 5.32 Å². The molecule has 7 nitrogen and oxygen atoms in total. The van der Waals surface area contributed by atoms with Gasteiger partial charge in [0, 0.05) is 56.1 Å². The van der Waals surface area contributed by atoms with Crippen LogP contribution in [0.15, 0.2) is 54.9 Å². The molecule has 0 spiro atoms. The van der Waals surface area contributed by atoms with Crippen molar-refractivity contribution in [2.45, 2.75) is 32.4 Å². The molecule has 3 heterocycles. The summed E-state index contributed by atoms with van der Waals surface area (Å²) in [4.78, 5) is 30.0. The van der Waals surface area contributed by atoms with Crippen LogP contribution in [0, 0.1) is 5.82 Å². The highest BCUT2D eigenvalue weighted by atomic mass is 19.1. The molecule has 1 atom stereocenters. The molecule has 8 heteroatoms. The van der Waals surface area contributed by atoms with Crippen molar-refractivity contribution in [1.82, 2.24) is 25.0 Å². The van der Waals surface area contributed by atoms with E-state index in [1.165, 1.54) is 19.1 Å². The summed E-state index contributed by atoms with van der Waals surface area (Å²) in [6.45, 7) is 2.70. The molecule has 0 unspecified atom stereocenters. The molecule has 4 rings (SSSR count). The summed E-state index contributed by atoms with van der Waals surface area (Å²) in [5, 5.41) is 7.54. The fraction of sp³-hybridized carbons (Fsp3) is 0.304. The van der Waals surface area contributed by atoms with Gasteiger partial charge >= 0.3 is 0 Å². The molecule has 2 amide bonds. The Morgan fingerprint density at radius 2 is 1.90 bits per heavy atom. The minimum absolute atomic E-state index is 0.00913. The molecule has 1 aliphatic rings. The standard InChI is InChI=1S/C23H24FN5O2/c1-16(30)26-20-8-11-28(14-20)23(31)15-29-21(12-17-2-4-19(24)5-3-17)13-22(27-29)18-6-9-25-10-7-18/h2-7,9-10,13,20H,8,11-12,14-15H2,1H3,(H,26,30)/t20-/m1/s1. The molecular weight excluding hydrogens is 397 g/mol. The zero-order valence-electron chi connectivity index (χ0n) is 17.3. The molecule has 160 valence electrons. The predicted molar refractivity (Wildman–Crippen MR) is 113 cm³/mol. The SMILES string of the molecule is CC(=O)N[C@@H]1CCN(C(=O)Cn2nc(-c3ccncc3)cc2Cc2ccc(F)cc2)C1. The van der Waals surface area contributed by atoms with Crippen LogP contribution in [0.1, 0.15) is 24.6 Å². The van der Waals surface area contributed by atoms with Crippen molar-refractivity contribution in [3.05, 3.63) is 71.9 Å². The van der Waals surface area contributed by atoms with Crippen molar-refractivity contribution in [3.63, 3.8) is 0 Å². The van der Waals surface area contributed by atoms with Gasteiger partial charge in [-0.2, -0.15) is 5.10 Å². The highest BCUT2D eigenvalue weighted by molar-refractivity contribution is 5.77. The summed E-state index contributed by atoms with van der Waals surface area (Å²) in [7, 11) is 0. The lowest BCUT2D eigenvalue weighted by atomic mass is 10.1. The summed E-state index contributed by atoms with van der Waals surface area (Å²) in [6, 6.07) is 12.0. The first kappa shape index (κ1) is 20.7. The largest absolute Gasteiger partial charge is 0.352 e. The third-order valence-electron chi connectivity index (χ3n) is 5.37. The number of pyridine rings is 1. The number of nitrogens with one attached hydrogen (secondary N) is 1. The molecular formula is C23H24FN5O2. The number of carbonyl (C=O) groups excluding carboxylic acids is 2. The first-order valence-electron chi connectivity index (χ1n) is 10.2. The first-order valence-corrected chi connectivity index (χ1v) is 10.2. The second kappa shape index (κ2) is 9.07. The molecule has 31 heavy (non-hydrogen) atoms. The van der Waals surface area contributed by atoms with E-state index in [-0.39, 0.29) is 30.2 Å². The average molecular weight is 421 g/mol. The second-order valence-electron chi connectivity index (χ2n) is 7.74. The van der Waals surface area contributed by atoms with Gasteiger partial charge in [-0.25, -0.2) is 4.39 Å². The zero-order valence-corrected chi connectivity index (χ0v) is 17.3. The number of amides is 2. The molecule has 0 radical (unpaired) electrons. The number of carbonyl (C=O) groups is 2. The van der Waals surface area contributed by atoms with Crippen LogP contribution >= 0.6 is 0 Å². The zero-order chi connectivity index (χ0) is 21.8. The number of rotatable bonds is 6. The van der Waals surface area contributed by atoms with Crippen LogP contribution in [-0.4, -0.2) is 50.6 Å². The Hall–Kier alpha value is -3.55. The lowest BCUT2D eigenvalue weighted by Gasteiger charge is -2.17. The van der Waals surface area contributed by atoms with Crippen molar-refractivity contribution in [3.8, 4) is 11.3 Å². The molecule has 0 bridgehead atoms. The van der Waals surface area contributed by atoms with Crippen LogP contribution in [-0.2, 0) is 22.6 Å². The Balaban J connectivity index is 1.55. The Labute approximate surface area is 179 Å². The third-order valence-corrected chi connectivity index (χ3v) is 5.37. The van der Waals surface area contributed by atoms with E-state index < -0.39 is 0 Å². The fourth-order valence-corrected chi connectivity index (χ4v) is 3.83. The van der Waals surface area contributed by atoms with Gasteiger partial charge in [0.1, 0.15) is 12.4 Å². The van der Waals surface area contributed by atoms with Gasteiger partial charge < -0.3 is 10.2 Å². The lowest BCUT2D eigenvalue weighted by Crippen LogP contribution is -2.38. The topological polar surface area (TPSA) is 80.1 Å². The molecule has 1 aromatic carbocycles. The molecule has 0 saturated carbocycles. The Kier molecular flexibility index (Phi) is 6.06. The number of likely N-dealkylation sites (tertiary alicyclic amines) is 1. The molecule has 1 fully saturated rings. The number of benzene rings is 1. The van der Waals surface area contributed by atoms with Gasteiger partial charge in [0.15, 0.2) is 0 Å². The van der Waals surface area contributed by atoms with Gasteiger partial charge in [0.05, 0.1) is 5.69 Å². The Morgan fingerprint density at radius 3 is 2.61 bits per heavy atom. The van der Waals surface area contributed by atoms with Gasteiger partial charge in [-0.3, -0.25) is 19.3 Å². The summed E-state index contributed by atoms with van der Waals surface area (Å²) in [6.07, 6.45) is 4.67. The van der Waals surface area contributed by atoms with Gasteiger partial charge in [-0.05, 0) is 42.3 Å². The van der Waals surface area contributed by atoms with E-state index in [0.29, 0.717) is 19.5 Å². The van der Waals surface area contributed by atoms with Crippen molar-refractivity contribution >= 4 is 11.8 Å². The smallest absolute Gasteiger partial charge is 0.244 e. The van der Waals surface area contributed by atoms with Crippen LogP contribution in [0.2, 0.25) is 0 Å². The summed E-state index contributed by atoms with van der Waals surface area (Å²) in [5.41, 5.74) is 3.46. The highest BCUT2D eigenvalue weighted by Crippen LogP contribution is 2.21. The van der Waals surface area contributed by atoms with Crippen LogP contribution in [0.4, 0.5) is 4.39 Å². The van der Waals surface area contributed by atoms with E-state index in [1.54, 1.807) is 34.1 Å². The minimum atomic E-state index is -0.285. The molecule has 1 saturated heterocycles. The maximum Gasteiger partial charge on any atom is 0.244 e. The third kappa shape index (κ3) is 5.14. The van der Waals surface area contributed by atoms with Gasteiger partial charge in [-0.1, -0.05) is 12.1 Å². The van der Waals surface area contributed by atoms with Crippen molar-refractivity contribution in [2.24, 2.45) is 0 Å². The molecule has 0 aliphatic carbocycles. The molecule has 1 aliphatic heterocycles. The molecule has 1 N–H and O–H groups in total. The molecule has 2 aromatic heterocycles. The van der Waals surface area contributed by atoms with Crippen molar-refractivity contribution in [1.29, 1.82) is 0 Å². The molecule has 3 aromatic rings. The van der Waals surface area contributed by atoms with E-state index in [1.807, 2.05) is 18.2 Å². The summed E-state index contributed by atoms with van der Waals surface area (Å²) >= 11 is 0. The van der Waals surface area contributed by atoms with E-state index in [9.17, 15) is 14.0 Å². The van der Waals surface area contributed by atoms with Crippen LogP contribution in [0.5, 0.6) is 0 Å². The van der Waals surface area contributed by atoms with Crippen LogP contribution in [0.25, 0.3) is 11.3 Å². The number of hydrogen-bond acceptors (Lipinski definition) is 4. The van der Waals surface area contributed by atoms with Gasteiger partial charge in [-0.15, -0.1) is 0 Å².